The second-order valence-electron chi connectivity index (χ2n) is 4.50. The van der Waals surface area contributed by atoms with Crippen molar-refractivity contribution >= 4 is 17.4 Å². The van der Waals surface area contributed by atoms with Crippen LogP contribution in [-0.4, -0.2) is 19.7 Å². The molecular formula is C14H9N5O3S. The van der Waals surface area contributed by atoms with Crippen LogP contribution < -0.4 is 0 Å². The van der Waals surface area contributed by atoms with Crippen molar-refractivity contribution in [3.63, 3.8) is 0 Å². The molecule has 8 nitrogen and oxygen atoms in total. The molecule has 3 rings (SSSR count). The van der Waals surface area contributed by atoms with Gasteiger partial charge in [0.05, 0.1) is 27.7 Å². The summed E-state index contributed by atoms with van der Waals surface area (Å²) in [6.45, 7) is 0. The van der Waals surface area contributed by atoms with Crippen LogP contribution in [0.2, 0.25) is 0 Å². The zero-order chi connectivity index (χ0) is 16.4. The summed E-state index contributed by atoms with van der Waals surface area (Å²) >= 11 is 1.07. The van der Waals surface area contributed by atoms with E-state index in [1.54, 1.807) is 23.7 Å². The second kappa shape index (κ2) is 5.94. The van der Waals surface area contributed by atoms with Crippen LogP contribution in [0.3, 0.4) is 0 Å². The zero-order valence-corrected chi connectivity index (χ0v) is 12.6. The summed E-state index contributed by atoms with van der Waals surface area (Å²) in [4.78, 5) is 11.0. The Hall–Kier alpha value is -3.12. The number of rotatable bonds is 4. The van der Waals surface area contributed by atoms with E-state index in [9.17, 15) is 10.1 Å². The Balaban J connectivity index is 2.00. The van der Waals surface area contributed by atoms with Gasteiger partial charge in [-0.3, -0.25) is 10.1 Å². The number of nitro groups is 1. The molecule has 2 heterocycles. The lowest BCUT2D eigenvalue weighted by Crippen LogP contribution is -1.96. The molecule has 0 saturated heterocycles. The van der Waals surface area contributed by atoms with Crippen molar-refractivity contribution in [2.24, 2.45) is 7.05 Å². The summed E-state index contributed by atoms with van der Waals surface area (Å²) in [7, 11) is 1.74. The zero-order valence-electron chi connectivity index (χ0n) is 11.8. The maximum atomic E-state index is 11.1. The lowest BCUT2D eigenvalue weighted by molar-refractivity contribution is -0.387. The first-order valence-corrected chi connectivity index (χ1v) is 7.21. The molecule has 0 spiro atoms. The third kappa shape index (κ3) is 2.79. The highest BCUT2D eigenvalue weighted by atomic mass is 32.2. The molecular weight excluding hydrogens is 318 g/mol. The summed E-state index contributed by atoms with van der Waals surface area (Å²) in [6.07, 6.45) is 1.53. The molecule has 0 bridgehead atoms. The van der Waals surface area contributed by atoms with Crippen LogP contribution in [-0.2, 0) is 7.05 Å². The summed E-state index contributed by atoms with van der Waals surface area (Å²) in [6, 6.07) is 9.63. The van der Waals surface area contributed by atoms with Gasteiger partial charge in [0.1, 0.15) is 0 Å². The summed E-state index contributed by atoms with van der Waals surface area (Å²) in [5, 5.41) is 28.6. The van der Waals surface area contributed by atoms with Crippen molar-refractivity contribution in [1.29, 1.82) is 5.26 Å². The van der Waals surface area contributed by atoms with Gasteiger partial charge in [-0.15, -0.1) is 10.2 Å². The summed E-state index contributed by atoms with van der Waals surface area (Å²) in [5.41, 5.74) is 0.253. The predicted molar refractivity (Wildman–Crippen MR) is 80.6 cm³/mol. The normalized spacial score (nSPS) is 10.4. The van der Waals surface area contributed by atoms with Gasteiger partial charge in [0.15, 0.2) is 16.7 Å². The van der Waals surface area contributed by atoms with E-state index in [1.807, 2.05) is 6.07 Å². The molecule has 0 amide bonds. The number of aromatic nitrogens is 3. The van der Waals surface area contributed by atoms with Gasteiger partial charge in [-0.2, -0.15) is 5.26 Å². The summed E-state index contributed by atoms with van der Waals surface area (Å²) in [5.74, 6) is 1.06. The maximum absolute atomic E-state index is 11.1. The Morgan fingerprint density at radius 2 is 2.22 bits per heavy atom. The largest absolute Gasteiger partial charge is 0.461 e. The number of hydrogen-bond donors (Lipinski definition) is 0. The molecule has 0 N–H and O–H groups in total. The molecule has 0 radical (unpaired) electrons. The minimum Gasteiger partial charge on any atom is -0.461 e. The van der Waals surface area contributed by atoms with Crippen LogP contribution in [0.1, 0.15) is 5.56 Å². The van der Waals surface area contributed by atoms with E-state index < -0.39 is 4.92 Å². The highest BCUT2D eigenvalue weighted by Crippen LogP contribution is 2.35. The van der Waals surface area contributed by atoms with Gasteiger partial charge in [-0.1, -0.05) is 0 Å². The average molecular weight is 327 g/mol. The summed E-state index contributed by atoms with van der Waals surface area (Å²) < 4.78 is 6.95. The molecule has 1 aromatic carbocycles. The van der Waals surface area contributed by atoms with Crippen molar-refractivity contribution in [2.45, 2.75) is 10.1 Å². The van der Waals surface area contributed by atoms with Gasteiger partial charge in [-0.05, 0) is 36.0 Å². The highest BCUT2D eigenvalue weighted by Gasteiger charge is 2.20. The first-order chi connectivity index (χ1) is 11.1. The number of hydrogen-bond acceptors (Lipinski definition) is 7. The number of benzene rings is 1. The van der Waals surface area contributed by atoms with E-state index in [-0.39, 0.29) is 5.69 Å². The minimum atomic E-state index is -0.493. The van der Waals surface area contributed by atoms with Crippen LogP contribution in [0.4, 0.5) is 5.69 Å². The van der Waals surface area contributed by atoms with Gasteiger partial charge in [0.2, 0.25) is 0 Å². The Morgan fingerprint density at radius 3 is 2.87 bits per heavy atom. The predicted octanol–water partition coefficient (Wildman–Crippen LogP) is 3.01. The van der Waals surface area contributed by atoms with E-state index in [0.29, 0.717) is 27.2 Å². The Bertz CT molecular complexity index is 911. The third-order valence-electron chi connectivity index (χ3n) is 3.06. The molecule has 0 aliphatic carbocycles. The topological polar surface area (TPSA) is 111 Å². The number of furan rings is 1. The first kappa shape index (κ1) is 14.8. The van der Waals surface area contributed by atoms with E-state index in [2.05, 4.69) is 10.2 Å². The van der Waals surface area contributed by atoms with Crippen molar-refractivity contribution in [3.8, 4) is 17.7 Å². The first-order valence-electron chi connectivity index (χ1n) is 6.40. The van der Waals surface area contributed by atoms with Crippen LogP contribution >= 0.6 is 11.8 Å². The van der Waals surface area contributed by atoms with Gasteiger partial charge >= 0.3 is 0 Å². The van der Waals surface area contributed by atoms with Gasteiger partial charge in [-0.25, -0.2) is 0 Å². The molecule has 9 heteroatoms. The lowest BCUT2D eigenvalue weighted by Gasteiger charge is -2.03. The van der Waals surface area contributed by atoms with Crippen LogP contribution in [0, 0.1) is 21.4 Å². The fraction of sp³-hybridized carbons (Fsp3) is 0.0714. The SMILES string of the molecule is Cn1c(Sc2cc(C#N)ccc2[N+](=O)[O-])nnc1-c1ccco1. The number of nitriles is 1. The van der Waals surface area contributed by atoms with Crippen LogP contribution in [0.25, 0.3) is 11.6 Å². The maximum Gasteiger partial charge on any atom is 0.283 e. The molecule has 2 aromatic heterocycles. The smallest absolute Gasteiger partial charge is 0.283 e. The minimum absolute atomic E-state index is 0.0865. The fourth-order valence-corrected chi connectivity index (χ4v) is 2.87. The van der Waals surface area contributed by atoms with Gasteiger partial charge in [0.25, 0.3) is 5.69 Å². The molecule has 0 atom stereocenters. The number of nitrogens with zero attached hydrogens (tertiary/aromatic N) is 5. The van der Waals surface area contributed by atoms with Crippen molar-refractivity contribution in [1.82, 2.24) is 14.8 Å². The highest BCUT2D eigenvalue weighted by molar-refractivity contribution is 7.99. The molecule has 0 fully saturated rings. The molecule has 3 aromatic rings. The van der Waals surface area contributed by atoms with Crippen molar-refractivity contribution in [3.05, 3.63) is 52.3 Å². The third-order valence-corrected chi connectivity index (χ3v) is 4.15. The molecule has 0 unspecified atom stereocenters. The molecule has 0 aliphatic heterocycles. The van der Waals surface area contributed by atoms with Crippen LogP contribution in [0.5, 0.6) is 0 Å². The molecule has 114 valence electrons. The monoisotopic (exact) mass is 327 g/mol. The quantitative estimate of drug-likeness (QED) is 0.535. The molecule has 0 saturated carbocycles. The Morgan fingerprint density at radius 1 is 1.39 bits per heavy atom. The number of nitro benzene ring substituents is 1. The van der Waals surface area contributed by atoms with Gasteiger partial charge < -0.3 is 8.98 Å². The Labute approximate surface area is 134 Å². The van der Waals surface area contributed by atoms with Crippen molar-refractivity contribution < 1.29 is 9.34 Å². The van der Waals surface area contributed by atoms with E-state index in [4.69, 9.17) is 9.68 Å². The lowest BCUT2D eigenvalue weighted by atomic mass is 10.2. The molecule has 0 aliphatic rings. The van der Waals surface area contributed by atoms with Crippen molar-refractivity contribution in [2.75, 3.05) is 0 Å². The standard InChI is InChI=1S/C14H9N5O3S/c1-18-13(11-3-2-6-22-11)16-17-14(18)23-12-7-9(8-15)4-5-10(12)19(20)21/h2-7H,1H3. The fourth-order valence-electron chi connectivity index (χ4n) is 1.94. The average Bonchev–Trinajstić information content (AvgIpc) is 3.18. The van der Waals surface area contributed by atoms with Crippen LogP contribution in [0.15, 0.2) is 51.1 Å². The van der Waals surface area contributed by atoms with E-state index in [0.717, 1.165) is 11.8 Å². The van der Waals surface area contributed by atoms with E-state index in [1.165, 1.54) is 24.5 Å². The van der Waals surface area contributed by atoms with Gasteiger partial charge in [0, 0.05) is 13.1 Å². The Kier molecular flexibility index (Phi) is 3.82. The molecule has 23 heavy (non-hydrogen) atoms. The second-order valence-corrected chi connectivity index (χ2v) is 5.51. The van der Waals surface area contributed by atoms with E-state index >= 15 is 0 Å².